The quantitative estimate of drug-likeness (QED) is 0.677. The molecule has 0 radical (unpaired) electrons. The molecular formula is C17H23NO4S. The Balaban J connectivity index is 1.89. The van der Waals surface area contributed by atoms with E-state index in [1.165, 1.54) is 0 Å². The predicted molar refractivity (Wildman–Crippen MR) is 91.6 cm³/mol. The average molecular weight is 337 g/mol. The lowest BCUT2D eigenvalue weighted by molar-refractivity contribution is -0.136. The maximum absolute atomic E-state index is 12.5. The van der Waals surface area contributed by atoms with E-state index in [0.717, 1.165) is 36.3 Å². The first-order valence-electron chi connectivity index (χ1n) is 7.75. The topological polar surface area (TPSA) is 75.6 Å². The van der Waals surface area contributed by atoms with Gasteiger partial charge in [-0.3, -0.25) is 9.59 Å². The normalized spacial score (nSPS) is 15.7. The molecule has 1 aliphatic carbocycles. The van der Waals surface area contributed by atoms with E-state index < -0.39 is 5.97 Å². The summed E-state index contributed by atoms with van der Waals surface area (Å²) in [6.07, 6.45) is 2.98. The standard InChI is InChI=1S/C17H23NO4S/c1-22-12-17(7-3-8-17)16(21)18-14-5-2-4-13(10-14)11-23-9-6-15(19)20/h2,4-5,10H,3,6-9,11-12H2,1H3,(H,18,21)(H,19,20). The molecule has 0 saturated heterocycles. The van der Waals surface area contributed by atoms with Crippen molar-refractivity contribution in [3.05, 3.63) is 29.8 Å². The van der Waals surface area contributed by atoms with Crippen LogP contribution in [0.3, 0.4) is 0 Å². The second kappa shape index (κ2) is 8.36. The van der Waals surface area contributed by atoms with Crippen LogP contribution in [-0.4, -0.2) is 36.5 Å². The molecular weight excluding hydrogens is 314 g/mol. The van der Waals surface area contributed by atoms with E-state index in [2.05, 4.69) is 5.32 Å². The van der Waals surface area contributed by atoms with Crippen LogP contribution in [0.25, 0.3) is 0 Å². The number of carboxylic acids is 1. The Morgan fingerprint density at radius 1 is 1.39 bits per heavy atom. The van der Waals surface area contributed by atoms with E-state index in [9.17, 15) is 9.59 Å². The van der Waals surface area contributed by atoms with Gasteiger partial charge in [0.25, 0.3) is 0 Å². The number of aliphatic carboxylic acids is 1. The average Bonchev–Trinajstić information content (AvgIpc) is 2.47. The maximum Gasteiger partial charge on any atom is 0.304 e. The molecule has 1 fully saturated rings. The second-order valence-electron chi connectivity index (χ2n) is 5.92. The lowest BCUT2D eigenvalue weighted by Gasteiger charge is -2.39. The molecule has 23 heavy (non-hydrogen) atoms. The van der Waals surface area contributed by atoms with Crippen LogP contribution in [0.15, 0.2) is 24.3 Å². The number of thioether (sulfide) groups is 1. The molecule has 2 rings (SSSR count). The third kappa shape index (κ3) is 4.97. The molecule has 0 heterocycles. The monoisotopic (exact) mass is 337 g/mol. The van der Waals surface area contributed by atoms with E-state index in [4.69, 9.17) is 9.84 Å². The first-order chi connectivity index (χ1) is 11.1. The summed E-state index contributed by atoms with van der Waals surface area (Å²) >= 11 is 1.58. The first kappa shape index (κ1) is 17.8. The molecule has 0 unspecified atom stereocenters. The number of ether oxygens (including phenoxy) is 1. The lowest BCUT2D eigenvalue weighted by Crippen LogP contribution is -2.45. The Hall–Kier alpha value is -1.53. The Morgan fingerprint density at radius 3 is 2.78 bits per heavy atom. The van der Waals surface area contributed by atoms with Crippen LogP contribution in [0.4, 0.5) is 5.69 Å². The van der Waals surface area contributed by atoms with E-state index in [1.807, 2.05) is 24.3 Å². The minimum atomic E-state index is -0.776. The maximum atomic E-state index is 12.5. The lowest BCUT2D eigenvalue weighted by atomic mass is 9.68. The summed E-state index contributed by atoms with van der Waals surface area (Å²) in [5.41, 5.74) is 1.49. The number of amides is 1. The number of carboxylic acid groups (broad SMARTS) is 1. The van der Waals surface area contributed by atoms with Crippen LogP contribution in [0.1, 0.15) is 31.2 Å². The highest BCUT2D eigenvalue weighted by atomic mass is 32.2. The number of carbonyl (C=O) groups excluding carboxylic acids is 1. The SMILES string of the molecule is COCC1(C(=O)Nc2cccc(CSCCC(=O)O)c2)CCC1. The summed E-state index contributed by atoms with van der Waals surface area (Å²) < 4.78 is 5.20. The predicted octanol–water partition coefficient (Wildman–Crippen LogP) is 3.15. The van der Waals surface area contributed by atoms with Crippen LogP contribution in [-0.2, 0) is 20.1 Å². The molecule has 0 aliphatic heterocycles. The van der Waals surface area contributed by atoms with Gasteiger partial charge in [0, 0.05) is 24.3 Å². The molecule has 0 aromatic heterocycles. The van der Waals surface area contributed by atoms with Gasteiger partial charge in [-0.05, 0) is 30.5 Å². The fraction of sp³-hybridized carbons (Fsp3) is 0.529. The number of benzene rings is 1. The minimum Gasteiger partial charge on any atom is -0.481 e. The van der Waals surface area contributed by atoms with Crippen molar-refractivity contribution >= 4 is 29.3 Å². The fourth-order valence-electron chi connectivity index (χ4n) is 2.67. The fourth-order valence-corrected chi connectivity index (χ4v) is 3.55. The van der Waals surface area contributed by atoms with Crippen molar-refractivity contribution in [1.82, 2.24) is 0 Å². The van der Waals surface area contributed by atoms with Crippen molar-refractivity contribution in [3.8, 4) is 0 Å². The van der Waals surface area contributed by atoms with Gasteiger partial charge in [0.1, 0.15) is 0 Å². The van der Waals surface area contributed by atoms with Gasteiger partial charge in [-0.15, -0.1) is 0 Å². The summed E-state index contributed by atoms with van der Waals surface area (Å²) in [6, 6.07) is 7.72. The van der Waals surface area contributed by atoms with Gasteiger partial charge < -0.3 is 15.2 Å². The summed E-state index contributed by atoms with van der Waals surface area (Å²) in [4.78, 5) is 23.0. The molecule has 1 aliphatic rings. The largest absolute Gasteiger partial charge is 0.481 e. The molecule has 0 bridgehead atoms. The summed E-state index contributed by atoms with van der Waals surface area (Å²) in [6.45, 7) is 0.462. The van der Waals surface area contributed by atoms with Crippen molar-refractivity contribution in [3.63, 3.8) is 0 Å². The zero-order valence-electron chi connectivity index (χ0n) is 13.3. The van der Waals surface area contributed by atoms with Crippen molar-refractivity contribution < 1.29 is 19.4 Å². The number of hydrogen-bond acceptors (Lipinski definition) is 4. The molecule has 126 valence electrons. The van der Waals surface area contributed by atoms with E-state index >= 15 is 0 Å². The van der Waals surface area contributed by atoms with Crippen molar-refractivity contribution in [1.29, 1.82) is 0 Å². The summed E-state index contributed by atoms with van der Waals surface area (Å²) in [7, 11) is 1.63. The smallest absolute Gasteiger partial charge is 0.304 e. The second-order valence-corrected chi connectivity index (χ2v) is 7.02. The minimum absolute atomic E-state index is 0.0290. The van der Waals surface area contributed by atoms with Crippen LogP contribution in [0.5, 0.6) is 0 Å². The zero-order valence-corrected chi connectivity index (χ0v) is 14.2. The van der Waals surface area contributed by atoms with Crippen LogP contribution in [0.2, 0.25) is 0 Å². The number of nitrogens with one attached hydrogen (secondary N) is 1. The molecule has 0 atom stereocenters. The Kier molecular flexibility index (Phi) is 6.47. The molecule has 5 nitrogen and oxygen atoms in total. The van der Waals surface area contributed by atoms with Crippen molar-refractivity contribution in [2.24, 2.45) is 5.41 Å². The number of hydrogen-bond donors (Lipinski definition) is 2. The third-order valence-corrected chi connectivity index (χ3v) is 5.16. The van der Waals surface area contributed by atoms with Gasteiger partial charge in [0.2, 0.25) is 5.91 Å². The van der Waals surface area contributed by atoms with Crippen molar-refractivity contribution in [2.45, 2.75) is 31.4 Å². The van der Waals surface area contributed by atoms with Gasteiger partial charge in [-0.2, -0.15) is 11.8 Å². The van der Waals surface area contributed by atoms with Crippen molar-refractivity contribution in [2.75, 3.05) is 24.8 Å². The Labute approximate surface area is 140 Å². The number of rotatable bonds is 9. The van der Waals surface area contributed by atoms with E-state index in [-0.39, 0.29) is 17.7 Å². The number of carbonyl (C=O) groups is 2. The van der Waals surface area contributed by atoms with Gasteiger partial charge in [0.05, 0.1) is 18.4 Å². The highest BCUT2D eigenvalue weighted by Gasteiger charge is 2.44. The number of methoxy groups -OCH3 is 1. The first-order valence-corrected chi connectivity index (χ1v) is 8.90. The highest BCUT2D eigenvalue weighted by molar-refractivity contribution is 7.98. The molecule has 1 aromatic rings. The molecule has 6 heteroatoms. The van der Waals surface area contributed by atoms with Crippen LogP contribution >= 0.6 is 11.8 Å². The van der Waals surface area contributed by atoms with Gasteiger partial charge >= 0.3 is 5.97 Å². The molecule has 2 N–H and O–H groups in total. The van der Waals surface area contributed by atoms with Gasteiger partial charge in [-0.1, -0.05) is 18.6 Å². The van der Waals surface area contributed by atoms with Gasteiger partial charge in [-0.25, -0.2) is 0 Å². The van der Waals surface area contributed by atoms with Crippen LogP contribution < -0.4 is 5.32 Å². The molecule has 1 aromatic carbocycles. The summed E-state index contributed by atoms with van der Waals surface area (Å²) in [5.74, 6) is 0.576. The molecule has 1 amide bonds. The summed E-state index contributed by atoms with van der Waals surface area (Å²) in [5, 5.41) is 11.6. The Morgan fingerprint density at radius 2 is 2.17 bits per heavy atom. The van der Waals surface area contributed by atoms with Gasteiger partial charge in [0.15, 0.2) is 0 Å². The number of anilines is 1. The molecule has 1 saturated carbocycles. The zero-order chi connectivity index (χ0) is 16.7. The third-order valence-electron chi connectivity index (χ3n) is 4.13. The molecule has 0 spiro atoms. The van der Waals surface area contributed by atoms with E-state index in [0.29, 0.717) is 12.4 Å². The van der Waals surface area contributed by atoms with E-state index in [1.54, 1.807) is 18.9 Å². The highest BCUT2D eigenvalue weighted by Crippen LogP contribution is 2.42. The Bertz CT molecular complexity index is 557. The van der Waals surface area contributed by atoms with Crippen LogP contribution in [0, 0.1) is 5.41 Å².